The third-order valence-electron chi connectivity index (χ3n) is 4.54. The molecule has 0 saturated carbocycles. The Bertz CT molecular complexity index is 1110. The number of fused-ring (bicyclic) bond motifs is 1. The molecule has 7 heteroatoms. The number of amides is 1. The maximum atomic E-state index is 12.9. The van der Waals surface area contributed by atoms with Gasteiger partial charge in [-0.15, -0.1) is 0 Å². The van der Waals surface area contributed by atoms with Gasteiger partial charge >= 0.3 is 5.97 Å². The number of ether oxygens (including phenoxy) is 2. The summed E-state index contributed by atoms with van der Waals surface area (Å²) >= 11 is 1.38. The molecule has 2 aromatic carbocycles. The zero-order chi connectivity index (χ0) is 21.5. The standard InChI is InChI=1S/C23H26N2O4S/c1-4-6-13-29-18-11-8-10-17(14-18)22(27)24-23-25(15-20(26)28-5-2)21-16(3)9-7-12-19(21)30-23/h7-12,14H,4-6,13,15H2,1-3H3. The summed E-state index contributed by atoms with van der Waals surface area (Å²) in [6.07, 6.45) is 2.00. The molecule has 0 aliphatic heterocycles. The molecular weight excluding hydrogens is 400 g/mol. The predicted octanol–water partition coefficient (Wildman–Crippen LogP) is 4.49. The Morgan fingerprint density at radius 2 is 1.93 bits per heavy atom. The predicted molar refractivity (Wildman–Crippen MR) is 118 cm³/mol. The topological polar surface area (TPSA) is 69.9 Å². The lowest BCUT2D eigenvalue weighted by Gasteiger charge is -2.07. The molecule has 0 spiro atoms. The average molecular weight is 427 g/mol. The van der Waals surface area contributed by atoms with Crippen LogP contribution < -0.4 is 9.54 Å². The molecule has 3 aromatic rings. The van der Waals surface area contributed by atoms with Gasteiger partial charge in [0.15, 0.2) is 4.80 Å². The molecule has 30 heavy (non-hydrogen) atoms. The first-order chi connectivity index (χ1) is 14.5. The molecule has 158 valence electrons. The number of benzene rings is 2. The molecule has 6 nitrogen and oxygen atoms in total. The van der Waals surface area contributed by atoms with E-state index in [9.17, 15) is 9.59 Å². The van der Waals surface area contributed by atoms with E-state index in [1.54, 1.807) is 29.7 Å². The highest BCUT2D eigenvalue weighted by Crippen LogP contribution is 2.21. The number of unbranched alkanes of at least 4 members (excludes halogenated alkanes) is 1. The monoisotopic (exact) mass is 426 g/mol. The van der Waals surface area contributed by atoms with Crippen LogP contribution in [-0.4, -0.2) is 29.7 Å². The zero-order valence-electron chi connectivity index (χ0n) is 17.5. The van der Waals surface area contributed by atoms with Gasteiger partial charge < -0.3 is 14.0 Å². The second kappa shape index (κ2) is 10.2. The molecule has 1 heterocycles. The summed E-state index contributed by atoms with van der Waals surface area (Å²) in [5.41, 5.74) is 2.34. The Balaban J connectivity index is 1.99. The number of thiazole rings is 1. The van der Waals surface area contributed by atoms with Crippen molar-refractivity contribution in [2.75, 3.05) is 13.2 Å². The molecule has 0 fully saturated rings. The molecular formula is C23H26N2O4S. The largest absolute Gasteiger partial charge is 0.494 e. The number of aromatic nitrogens is 1. The van der Waals surface area contributed by atoms with Gasteiger partial charge in [-0.05, 0) is 50.1 Å². The summed E-state index contributed by atoms with van der Waals surface area (Å²) in [5, 5.41) is 0. The van der Waals surface area contributed by atoms with E-state index in [0.717, 1.165) is 28.6 Å². The number of esters is 1. The fraction of sp³-hybridized carbons (Fsp3) is 0.348. The van der Waals surface area contributed by atoms with Crippen molar-refractivity contribution in [3.05, 3.63) is 58.4 Å². The maximum Gasteiger partial charge on any atom is 0.326 e. The second-order valence-electron chi connectivity index (χ2n) is 6.84. The van der Waals surface area contributed by atoms with Crippen LogP contribution >= 0.6 is 11.3 Å². The van der Waals surface area contributed by atoms with Crippen molar-refractivity contribution in [1.82, 2.24) is 4.57 Å². The van der Waals surface area contributed by atoms with E-state index in [0.29, 0.717) is 29.3 Å². The summed E-state index contributed by atoms with van der Waals surface area (Å²) < 4.78 is 13.5. The van der Waals surface area contributed by atoms with E-state index >= 15 is 0 Å². The molecule has 0 atom stereocenters. The van der Waals surface area contributed by atoms with Crippen molar-refractivity contribution >= 4 is 33.4 Å². The van der Waals surface area contributed by atoms with Crippen LogP contribution in [0.4, 0.5) is 0 Å². The Morgan fingerprint density at radius 3 is 2.70 bits per heavy atom. The fourth-order valence-electron chi connectivity index (χ4n) is 3.08. The number of nitrogens with zero attached hydrogens (tertiary/aromatic N) is 2. The first-order valence-electron chi connectivity index (χ1n) is 10.1. The Hall–Kier alpha value is -2.93. The number of para-hydroxylation sites is 1. The van der Waals surface area contributed by atoms with Crippen molar-refractivity contribution in [3.8, 4) is 5.75 Å². The van der Waals surface area contributed by atoms with Crippen molar-refractivity contribution < 1.29 is 19.1 Å². The number of hydrogen-bond donors (Lipinski definition) is 0. The lowest BCUT2D eigenvalue weighted by Crippen LogP contribution is -2.23. The van der Waals surface area contributed by atoms with Gasteiger partial charge in [0.1, 0.15) is 12.3 Å². The van der Waals surface area contributed by atoms with Crippen LogP contribution in [0.3, 0.4) is 0 Å². The summed E-state index contributed by atoms with van der Waals surface area (Å²) in [4.78, 5) is 29.8. The number of hydrogen-bond acceptors (Lipinski definition) is 5. The summed E-state index contributed by atoms with van der Waals surface area (Å²) in [6, 6.07) is 12.9. The minimum absolute atomic E-state index is 0.00494. The lowest BCUT2D eigenvalue weighted by molar-refractivity contribution is -0.143. The quantitative estimate of drug-likeness (QED) is 0.393. The van der Waals surface area contributed by atoms with Crippen LogP contribution in [0.5, 0.6) is 5.75 Å². The molecule has 0 bridgehead atoms. The van der Waals surface area contributed by atoms with Crippen molar-refractivity contribution in [2.45, 2.75) is 40.2 Å². The molecule has 0 radical (unpaired) electrons. The molecule has 0 aliphatic rings. The highest BCUT2D eigenvalue weighted by atomic mass is 32.1. The van der Waals surface area contributed by atoms with Crippen LogP contribution in [0.15, 0.2) is 47.5 Å². The summed E-state index contributed by atoms with van der Waals surface area (Å²) in [5.74, 6) is -0.0884. The van der Waals surface area contributed by atoms with Gasteiger partial charge in [0, 0.05) is 5.56 Å². The Morgan fingerprint density at radius 1 is 1.13 bits per heavy atom. The van der Waals surface area contributed by atoms with E-state index in [1.807, 2.05) is 31.2 Å². The van der Waals surface area contributed by atoms with E-state index in [2.05, 4.69) is 11.9 Å². The third kappa shape index (κ3) is 5.16. The van der Waals surface area contributed by atoms with E-state index in [1.165, 1.54) is 11.3 Å². The van der Waals surface area contributed by atoms with Crippen molar-refractivity contribution in [3.63, 3.8) is 0 Å². The Kier molecular flexibility index (Phi) is 7.41. The summed E-state index contributed by atoms with van der Waals surface area (Å²) in [6.45, 7) is 6.76. The first-order valence-corrected chi connectivity index (χ1v) is 10.9. The normalized spacial score (nSPS) is 11.6. The van der Waals surface area contributed by atoms with E-state index in [-0.39, 0.29) is 18.4 Å². The minimum atomic E-state index is -0.377. The molecule has 0 unspecified atom stereocenters. The molecule has 0 aliphatic carbocycles. The maximum absolute atomic E-state index is 12.9. The van der Waals surface area contributed by atoms with Gasteiger partial charge in [0.2, 0.25) is 0 Å². The molecule has 0 saturated heterocycles. The van der Waals surface area contributed by atoms with E-state index in [4.69, 9.17) is 9.47 Å². The number of rotatable bonds is 8. The minimum Gasteiger partial charge on any atom is -0.494 e. The second-order valence-corrected chi connectivity index (χ2v) is 7.85. The van der Waals surface area contributed by atoms with Crippen LogP contribution in [-0.2, 0) is 16.1 Å². The molecule has 3 rings (SSSR count). The molecule has 0 N–H and O–H groups in total. The fourth-order valence-corrected chi connectivity index (χ4v) is 4.19. The SMILES string of the molecule is CCCCOc1cccc(C(=O)N=c2sc3cccc(C)c3n2CC(=O)OCC)c1. The molecule has 1 amide bonds. The third-order valence-corrected chi connectivity index (χ3v) is 5.58. The number of aryl methyl sites for hydroxylation is 1. The summed E-state index contributed by atoms with van der Waals surface area (Å²) in [7, 11) is 0. The highest BCUT2D eigenvalue weighted by molar-refractivity contribution is 7.16. The van der Waals surface area contributed by atoms with Crippen LogP contribution in [0.2, 0.25) is 0 Å². The van der Waals surface area contributed by atoms with Crippen LogP contribution in [0.25, 0.3) is 10.2 Å². The van der Waals surface area contributed by atoms with Crippen molar-refractivity contribution in [1.29, 1.82) is 0 Å². The van der Waals surface area contributed by atoms with Gasteiger partial charge in [-0.2, -0.15) is 4.99 Å². The van der Waals surface area contributed by atoms with Gasteiger partial charge in [-0.3, -0.25) is 9.59 Å². The lowest BCUT2D eigenvalue weighted by atomic mass is 10.2. The van der Waals surface area contributed by atoms with E-state index < -0.39 is 0 Å². The van der Waals surface area contributed by atoms with Gasteiger partial charge in [-0.25, -0.2) is 0 Å². The molecule has 1 aromatic heterocycles. The first kappa shape index (κ1) is 21.8. The zero-order valence-corrected chi connectivity index (χ0v) is 18.3. The highest BCUT2D eigenvalue weighted by Gasteiger charge is 2.14. The smallest absolute Gasteiger partial charge is 0.326 e. The van der Waals surface area contributed by atoms with Crippen LogP contribution in [0.1, 0.15) is 42.6 Å². The number of carbonyl (C=O) groups excluding carboxylic acids is 2. The van der Waals surface area contributed by atoms with Crippen LogP contribution in [0, 0.1) is 6.92 Å². The van der Waals surface area contributed by atoms with Gasteiger partial charge in [0.25, 0.3) is 5.91 Å². The van der Waals surface area contributed by atoms with Crippen molar-refractivity contribution in [2.24, 2.45) is 4.99 Å². The van der Waals surface area contributed by atoms with Gasteiger partial charge in [-0.1, -0.05) is 42.9 Å². The van der Waals surface area contributed by atoms with Gasteiger partial charge in [0.05, 0.1) is 23.4 Å². The Labute approximate surface area is 179 Å². The number of carbonyl (C=O) groups is 2. The average Bonchev–Trinajstić information content (AvgIpc) is 3.06.